The van der Waals surface area contributed by atoms with E-state index in [4.69, 9.17) is 10.6 Å². The molecule has 0 aliphatic rings. The van der Waals surface area contributed by atoms with Crippen LogP contribution in [-0.4, -0.2) is 18.9 Å². The molecule has 1 aromatic rings. The van der Waals surface area contributed by atoms with Gasteiger partial charge in [0, 0.05) is 6.42 Å². The average molecular weight is 292 g/mol. The highest BCUT2D eigenvalue weighted by molar-refractivity contribution is 5.75. The summed E-state index contributed by atoms with van der Waals surface area (Å²) in [6, 6.07) is 5.51. The SMILES string of the molecule is NNC(=O)CCCCOc1ccccc1OC(F)(F)F. The number of amides is 1. The van der Waals surface area contributed by atoms with E-state index in [1.807, 2.05) is 5.43 Å². The van der Waals surface area contributed by atoms with Crippen molar-refractivity contribution in [2.45, 2.75) is 25.6 Å². The summed E-state index contributed by atoms with van der Waals surface area (Å²) in [5, 5.41) is 0. The summed E-state index contributed by atoms with van der Waals surface area (Å²) < 4.78 is 45.5. The molecule has 0 radical (unpaired) electrons. The smallest absolute Gasteiger partial charge is 0.490 e. The van der Waals surface area contributed by atoms with Crippen LogP contribution in [0.25, 0.3) is 0 Å². The van der Waals surface area contributed by atoms with Crippen molar-refractivity contribution in [1.82, 2.24) is 5.43 Å². The fraction of sp³-hybridized carbons (Fsp3) is 0.417. The Labute approximate surface area is 113 Å². The van der Waals surface area contributed by atoms with Crippen LogP contribution in [0.15, 0.2) is 24.3 Å². The lowest BCUT2D eigenvalue weighted by molar-refractivity contribution is -0.275. The molecule has 1 amide bonds. The quantitative estimate of drug-likeness (QED) is 0.349. The van der Waals surface area contributed by atoms with Gasteiger partial charge in [-0.15, -0.1) is 13.2 Å². The van der Waals surface area contributed by atoms with E-state index in [1.54, 1.807) is 6.07 Å². The molecule has 5 nitrogen and oxygen atoms in total. The van der Waals surface area contributed by atoms with Gasteiger partial charge >= 0.3 is 6.36 Å². The van der Waals surface area contributed by atoms with Crippen molar-refractivity contribution in [2.24, 2.45) is 5.84 Å². The summed E-state index contributed by atoms with van der Waals surface area (Å²) >= 11 is 0. The van der Waals surface area contributed by atoms with Gasteiger partial charge in [-0.2, -0.15) is 0 Å². The lowest BCUT2D eigenvalue weighted by atomic mass is 10.2. The number of carbonyl (C=O) groups is 1. The number of halogens is 3. The molecular weight excluding hydrogens is 277 g/mol. The Morgan fingerprint density at radius 2 is 1.85 bits per heavy atom. The first-order valence-corrected chi connectivity index (χ1v) is 5.89. The van der Waals surface area contributed by atoms with Gasteiger partial charge in [-0.25, -0.2) is 5.84 Å². The van der Waals surface area contributed by atoms with Gasteiger partial charge in [-0.3, -0.25) is 10.2 Å². The van der Waals surface area contributed by atoms with Crippen molar-refractivity contribution in [3.63, 3.8) is 0 Å². The van der Waals surface area contributed by atoms with E-state index >= 15 is 0 Å². The number of hydrogen-bond donors (Lipinski definition) is 2. The number of para-hydroxylation sites is 2. The lowest BCUT2D eigenvalue weighted by Crippen LogP contribution is -2.29. The maximum absolute atomic E-state index is 12.2. The third-order valence-corrected chi connectivity index (χ3v) is 2.29. The number of nitrogens with one attached hydrogen (secondary N) is 1. The van der Waals surface area contributed by atoms with E-state index in [9.17, 15) is 18.0 Å². The molecule has 112 valence electrons. The molecule has 0 atom stereocenters. The van der Waals surface area contributed by atoms with Gasteiger partial charge in [0.05, 0.1) is 6.61 Å². The molecule has 0 fully saturated rings. The van der Waals surface area contributed by atoms with Crippen LogP contribution in [0.5, 0.6) is 11.5 Å². The van der Waals surface area contributed by atoms with Gasteiger partial charge in [0.1, 0.15) is 0 Å². The number of hydrogen-bond acceptors (Lipinski definition) is 4. The first-order valence-electron chi connectivity index (χ1n) is 5.89. The molecule has 0 heterocycles. The maximum atomic E-state index is 12.2. The molecule has 0 bridgehead atoms. The molecule has 0 aliphatic heterocycles. The summed E-state index contributed by atoms with van der Waals surface area (Å²) in [5.41, 5.74) is 1.98. The van der Waals surface area contributed by atoms with Crippen LogP contribution >= 0.6 is 0 Å². The zero-order valence-electron chi connectivity index (χ0n) is 10.6. The lowest BCUT2D eigenvalue weighted by Gasteiger charge is -2.13. The topological polar surface area (TPSA) is 73.6 Å². The number of ether oxygens (including phenoxy) is 2. The van der Waals surface area contributed by atoms with Crippen molar-refractivity contribution < 1.29 is 27.4 Å². The zero-order valence-corrected chi connectivity index (χ0v) is 10.6. The molecule has 0 aliphatic carbocycles. The predicted molar refractivity (Wildman–Crippen MR) is 64.8 cm³/mol. The molecule has 0 saturated heterocycles. The van der Waals surface area contributed by atoms with Crippen molar-refractivity contribution in [1.29, 1.82) is 0 Å². The molecule has 1 aromatic carbocycles. The molecule has 0 spiro atoms. The standard InChI is InChI=1S/C12H15F3N2O3/c13-12(14,15)20-10-6-2-1-5-9(10)19-8-4-3-7-11(18)17-16/h1-2,5-6H,3-4,7-8,16H2,(H,17,18). The highest BCUT2D eigenvalue weighted by Crippen LogP contribution is 2.31. The highest BCUT2D eigenvalue weighted by Gasteiger charge is 2.32. The predicted octanol–water partition coefficient (Wildman–Crippen LogP) is 2.12. The van der Waals surface area contributed by atoms with E-state index in [0.29, 0.717) is 12.8 Å². The van der Waals surface area contributed by atoms with Crippen LogP contribution < -0.4 is 20.7 Å². The Bertz CT molecular complexity index is 438. The third kappa shape index (κ3) is 6.28. The summed E-state index contributed by atoms with van der Waals surface area (Å²) in [6.07, 6.45) is -3.50. The molecule has 0 saturated carbocycles. The second-order valence-corrected chi connectivity index (χ2v) is 3.87. The Hall–Kier alpha value is -1.96. The van der Waals surface area contributed by atoms with Gasteiger partial charge in [-0.05, 0) is 25.0 Å². The van der Waals surface area contributed by atoms with Gasteiger partial charge in [0.15, 0.2) is 11.5 Å². The summed E-state index contributed by atoms with van der Waals surface area (Å²) in [7, 11) is 0. The van der Waals surface area contributed by atoms with E-state index in [2.05, 4.69) is 4.74 Å². The minimum Gasteiger partial charge on any atom is -0.490 e. The molecule has 1 rings (SSSR count). The third-order valence-electron chi connectivity index (χ3n) is 2.29. The normalized spacial score (nSPS) is 11.0. The number of carbonyl (C=O) groups excluding carboxylic acids is 1. The molecule has 0 unspecified atom stereocenters. The van der Waals surface area contributed by atoms with E-state index in [-0.39, 0.29) is 30.4 Å². The first-order chi connectivity index (χ1) is 9.42. The van der Waals surface area contributed by atoms with Gasteiger partial charge in [0.25, 0.3) is 0 Å². The van der Waals surface area contributed by atoms with Gasteiger partial charge < -0.3 is 9.47 Å². The van der Waals surface area contributed by atoms with Crippen LogP contribution in [0, 0.1) is 0 Å². The molecule has 8 heteroatoms. The number of benzene rings is 1. The van der Waals surface area contributed by atoms with Crippen LogP contribution in [0.1, 0.15) is 19.3 Å². The second kappa shape index (κ2) is 7.59. The zero-order chi connectivity index (χ0) is 15.0. The average Bonchev–Trinajstić information content (AvgIpc) is 2.38. The highest BCUT2D eigenvalue weighted by atomic mass is 19.4. The van der Waals surface area contributed by atoms with Crippen LogP contribution in [0.2, 0.25) is 0 Å². The van der Waals surface area contributed by atoms with Gasteiger partial charge in [-0.1, -0.05) is 12.1 Å². The van der Waals surface area contributed by atoms with Crippen LogP contribution in [0.3, 0.4) is 0 Å². The fourth-order valence-corrected chi connectivity index (χ4v) is 1.42. The molecular formula is C12H15F3N2O3. The number of alkyl halides is 3. The van der Waals surface area contributed by atoms with Crippen molar-refractivity contribution in [3.8, 4) is 11.5 Å². The number of rotatable bonds is 7. The maximum Gasteiger partial charge on any atom is 0.573 e. The van der Waals surface area contributed by atoms with Crippen molar-refractivity contribution in [3.05, 3.63) is 24.3 Å². The Balaban J connectivity index is 2.42. The van der Waals surface area contributed by atoms with Crippen LogP contribution in [0.4, 0.5) is 13.2 Å². The summed E-state index contributed by atoms with van der Waals surface area (Å²) in [6.45, 7) is 0.177. The second-order valence-electron chi connectivity index (χ2n) is 3.87. The molecule has 3 N–H and O–H groups in total. The fourth-order valence-electron chi connectivity index (χ4n) is 1.42. The summed E-state index contributed by atoms with van der Waals surface area (Å²) in [4.78, 5) is 10.8. The number of hydrazine groups is 1. The monoisotopic (exact) mass is 292 g/mol. The van der Waals surface area contributed by atoms with E-state index in [1.165, 1.54) is 18.2 Å². The molecule has 20 heavy (non-hydrogen) atoms. The minimum atomic E-state index is -4.77. The Morgan fingerprint density at radius 3 is 2.45 bits per heavy atom. The summed E-state index contributed by atoms with van der Waals surface area (Å²) in [5.74, 6) is 4.22. The Morgan fingerprint density at radius 1 is 1.20 bits per heavy atom. The first kappa shape index (κ1) is 16.1. The van der Waals surface area contributed by atoms with E-state index < -0.39 is 6.36 Å². The van der Waals surface area contributed by atoms with E-state index in [0.717, 1.165) is 0 Å². The Kier molecular flexibility index (Phi) is 6.10. The number of unbranched alkanes of at least 4 members (excludes halogenated alkanes) is 1. The largest absolute Gasteiger partial charge is 0.573 e. The van der Waals surface area contributed by atoms with Crippen molar-refractivity contribution >= 4 is 5.91 Å². The van der Waals surface area contributed by atoms with Crippen molar-refractivity contribution in [2.75, 3.05) is 6.61 Å². The van der Waals surface area contributed by atoms with Crippen LogP contribution in [-0.2, 0) is 4.79 Å². The number of nitrogens with two attached hydrogens (primary N) is 1. The molecule has 0 aromatic heterocycles. The minimum absolute atomic E-state index is 0.00750. The van der Waals surface area contributed by atoms with Gasteiger partial charge in [0.2, 0.25) is 5.91 Å².